The van der Waals surface area contributed by atoms with Crippen molar-refractivity contribution in [3.8, 4) is 28.3 Å². The first-order chi connectivity index (χ1) is 21.3. The van der Waals surface area contributed by atoms with Crippen LogP contribution in [-0.4, -0.2) is 56.5 Å². The second kappa shape index (κ2) is 14.5. The Kier molecular flexibility index (Phi) is 11.1. The van der Waals surface area contributed by atoms with Crippen LogP contribution in [0.4, 0.5) is 11.5 Å². The summed E-state index contributed by atoms with van der Waals surface area (Å²) in [6.45, 7) is 3.45. The van der Waals surface area contributed by atoms with E-state index in [1.54, 1.807) is 13.1 Å². The van der Waals surface area contributed by atoms with Crippen LogP contribution in [0.2, 0.25) is 0 Å². The summed E-state index contributed by atoms with van der Waals surface area (Å²) in [6, 6.07) is 25.2. The topological polar surface area (TPSA) is 119 Å². The van der Waals surface area contributed by atoms with E-state index in [0.29, 0.717) is 11.6 Å². The fourth-order valence-electron chi connectivity index (χ4n) is 6.57. The zero-order valence-corrected chi connectivity index (χ0v) is 29.0. The number of rotatable bonds is 6. The van der Waals surface area contributed by atoms with Gasteiger partial charge in [0.15, 0.2) is 11.5 Å². The van der Waals surface area contributed by atoms with Gasteiger partial charge in [0.25, 0.3) is 0 Å². The third-order valence-electron chi connectivity index (χ3n) is 9.55. The molecule has 248 valence electrons. The zero-order valence-electron chi connectivity index (χ0n) is 26.5. The highest BCUT2D eigenvalue weighted by Crippen LogP contribution is 2.39. The van der Waals surface area contributed by atoms with Gasteiger partial charge in [0, 0.05) is 61.8 Å². The van der Waals surface area contributed by atoms with E-state index in [1.165, 1.54) is 0 Å². The summed E-state index contributed by atoms with van der Waals surface area (Å²) < 4.78 is 2.07. The monoisotopic (exact) mass is 694 g/mol. The van der Waals surface area contributed by atoms with Crippen LogP contribution in [-0.2, 0) is 10.3 Å². The van der Waals surface area contributed by atoms with Crippen LogP contribution in [0.1, 0.15) is 44.6 Å². The number of carbonyl (C=O) groups excluding carboxylic acids is 1. The van der Waals surface area contributed by atoms with Crippen molar-refractivity contribution in [1.82, 2.24) is 24.4 Å². The van der Waals surface area contributed by atoms with Gasteiger partial charge in [-0.2, -0.15) is 0 Å². The molecule has 7 rings (SSSR count). The number of nitrogens with zero attached hydrogens (tertiary/aromatic N) is 6. The molecule has 3 aromatic heterocycles. The number of carbonyl (C=O) groups is 1. The van der Waals surface area contributed by atoms with Crippen molar-refractivity contribution in [1.29, 1.82) is 0 Å². The maximum atomic E-state index is 11.9. The summed E-state index contributed by atoms with van der Waals surface area (Å²) in [5.74, 6) is 1.24. The number of hydrogen-bond acceptors (Lipinski definition) is 7. The van der Waals surface area contributed by atoms with Crippen LogP contribution in [0.25, 0.3) is 39.5 Å². The third kappa shape index (κ3) is 6.76. The molecule has 0 atom stereocenters. The standard InChI is InChI=1S/C35H38N8O.3ClH/c1-23(44)41(2)26-15-20-42(21-16-26)28-7-3-6-24(22-28)30-13-14-31-34(39-30)43(33(40-31)29-8-4-19-38-32(29)36)27-11-9-25(10-12-27)35(37)17-5-18-35;;;/h3-4,6-14,19,22,26H,5,15-18,20-21,37H2,1-2H3,(H2,36,38);3*1H. The van der Waals surface area contributed by atoms with Crippen LogP contribution >= 0.6 is 37.2 Å². The number of pyridine rings is 2. The van der Waals surface area contributed by atoms with E-state index >= 15 is 0 Å². The van der Waals surface area contributed by atoms with Gasteiger partial charge in [-0.1, -0.05) is 24.3 Å². The number of nitrogens with two attached hydrogens (primary N) is 2. The quantitative estimate of drug-likeness (QED) is 0.201. The predicted octanol–water partition coefficient (Wildman–Crippen LogP) is 6.78. The Morgan fingerprint density at radius 1 is 0.915 bits per heavy atom. The molecule has 1 aliphatic heterocycles. The van der Waals surface area contributed by atoms with Gasteiger partial charge >= 0.3 is 0 Å². The van der Waals surface area contributed by atoms with Gasteiger partial charge in [-0.05, 0) is 86.2 Å². The number of halogens is 3. The molecule has 0 unspecified atom stereocenters. The number of hydrogen-bond donors (Lipinski definition) is 2. The van der Waals surface area contributed by atoms with Gasteiger partial charge in [0.1, 0.15) is 11.3 Å². The lowest BCUT2D eigenvalue weighted by molar-refractivity contribution is -0.129. The molecule has 1 saturated carbocycles. The number of amides is 1. The van der Waals surface area contributed by atoms with Gasteiger partial charge in [-0.3, -0.25) is 9.36 Å². The number of anilines is 2. The molecule has 5 aromatic rings. The fourth-order valence-corrected chi connectivity index (χ4v) is 6.57. The van der Waals surface area contributed by atoms with Crippen LogP contribution in [0.3, 0.4) is 0 Å². The highest BCUT2D eigenvalue weighted by Gasteiger charge is 2.34. The minimum Gasteiger partial charge on any atom is -0.383 e. The molecule has 2 aromatic carbocycles. The first-order valence-electron chi connectivity index (χ1n) is 15.4. The summed E-state index contributed by atoms with van der Waals surface area (Å²) in [7, 11) is 1.90. The molecule has 1 amide bonds. The van der Waals surface area contributed by atoms with Gasteiger partial charge in [0.2, 0.25) is 5.91 Å². The van der Waals surface area contributed by atoms with E-state index in [0.717, 1.165) is 90.1 Å². The van der Waals surface area contributed by atoms with E-state index in [-0.39, 0.29) is 54.7 Å². The Bertz CT molecular complexity index is 1850. The summed E-state index contributed by atoms with van der Waals surface area (Å²) in [5.41, 5.74) is 20.2. The molecule has 0 bridgehead atoms. The normalized spacial score (nSPS) is 15.5. The van der Waals surface area contributed by atoms with E-state index in [2.05, 4.69) is 63.0 Å². The SMILES string of the molecule is CC(=O)N(C)C1CCN(c2cccc(-c3ccc4nc(-c5cccnc5N)n(-c5ccc(C6(N)CCC6)cc5)c4n3)c2)CC1.Cl.Cl.Cl. The molecule has 12 heteroatoms. The first-order valence-corrected chi connectivity index (χ1v) is 15.4. The van der Waals surface area contributed by atoms with Crippen molar-refractivity contribution in [3.63, 3.8) is 0 Å². The van der Waals surface area contributed by atoms with Gasteiger partial charge in [-0.25, -0.2) is 15.0 Å². The van der Waals surface area contributed by atoms with E-state index in [9.17, 15) is 4.79 Å². The van der Waals surface area contributed by atoms with Crippen LogP contribution in [0.5, 0.6) is 0 Å². The molecule has 0 spiro atoms. The van der Waals surface area contributed by atoms with Crippen molar-refractivity contribution in [2.24, 2.45) is 5.73 Å². The van der Waals surface area contributed by atoms with Crippen molar-refractivity contribution in [2.45, 2.75) is 50.6 Å². The van der Waals surface area contributed by atoms with Crippen LogP contribution in [0.15, 0.2) is 79.0 Å². The second-order valence-electron chi connectivity index (χ2n) is 12.2. The molecule has 1 aliphatic carbocycles. The molecule has 4 heterocycles. The number of benzene rings is 2. The van der Waals surface area contributed by atoms with Crippen molar-refractivity contribution in [2.75, 3.05) is 30.8 Å². The molecular formula is C35H41Cl3N8O. The minimum atomic E-state index is -0.235. The predicted molar refractivity (Wildman–Crippen MR) is 197 cm³/mol. The smallest absolute Gasteiger partial charge is 0.219 e. The maximum absolute atomic E-state index is 11.9. The fraction of sp³-hybridized carbons (Fsp3) is 0.314. The van der Waals surface area contributed by atoms with Crippen LogP contribution in [0, 0.1) is 0 Å². The molecule has 1 saturated heterocycles. The average molecular weight is 696 g/mol. The molecule has 0 radical (unpaired) electrons. The van der Waals surface area contributed by atoms with Crippen LogP contribution < -0.4 is 16.4 Å². The van der Waals surface area contributed by atoms with Gasteiger partial charge in [-0.15, -0.1) is 37.2 Å². The average Bonchev–Trinajstić information content (AvgIpc) is 3.42. The first kappa shape index (κ1) is 36.0. The Hall–Kier alpha value is -3.89. The lowest BCUT2D eigenvalue weighted by Crippen LogP contribution is -2.45. The lowest BCUT2D eigenvalue weighted by atomic mass is 9.73. The molecule has 47 heavy (non-hydrogen) atoms. The highest BCUT2D eigenvalue weighted by atomic mass is 35.5. The molecule has 2 aliphatic rings. The van der Waals surface area contributed by atoms with Crippen molar-refractivity contribution >= 4 is 65.8 Å². The Labute approximate surface area is 294 Å². The minimum absolute atomic E-state index is 0. The number of aromatic nitrogens is 4. The second-order valence-corrected chi connectivity index (χ2v) is 12.2. The number of piperidine rings is 1. The summed E-state index contributed by atoms with van der Waals surface area (Å²) in [4.78, 5) is 30.6. The maximum Gasteiger partial charge on any atom is 0.219 e. The largest absolute Gasteiger partial charge is 0.383 e. The van der Waals surface area contributed by atoms with E-state index < -0.39 is 0 Å². The molecule has 4 N–H and O–H groups in total. The lowest BCUT2D eigenvalue weighted by Gasteiger charge is -2.38. The number of imidazole rings is 1. The van der Waals surface area contributed by atoms with Crippen molar-refractivity contribution < 1.29 is 4.79 Å². The van der Waals surface area contributed by atoms with Gasteiger partial charge < -0.3 is 21.3 Å². The Morgan fingerprint density at radius 2 is 1.64 bits per heavy atom. The third-order valence-corrected chi connectivity index (χ3v) is 9.55. The van der Waals surface area contributed by atoms with E-state index in [4.69, 9.17) is 21.4 Å². The summed E-state index contributed by atoms with van der Waals surface area (Å²) >= 11 is 0. The molecular weight excluding hydrogens is 655 g/mol. The summed E-state index contributed by atoms with van der Waals surface area (Å²) in [5, 5.41) is 0. The summed E-state index contributed by atoms with van der Waals surface area (Å²) in [6.07, 6.45) is 6.78. The number of fused-ring (bicyclic) bond motifs is 1. The van der Waals surface area contributed by atoms with E-state index in [1.807, 2.05) is 36.2 Å². The van der Waals surface area contributed by atoms with Gasteiger partial charge in [0.05, 0.1) is 11.3 Å². The molecule has 2 fully saturated rings. The Morgan fingerprint density at radius 3 is 2.28 bits per heavy atom. The van der Waals surface area contributed by atoms with Crippen molar-refractivity contribution in [3.05, 3.63) is 84.6 Å². The highest BCUT2D eigenvalue weighted by molar-refractivity contribution is 5.86. The number of nitrogen functional groups attached to an aromatic ring is 1. The zero-order chi connectivity index (χ0) is 30.4. The molecule has 9 nitrogen and oxygen atoms in total. The Balaban J connectivity index is 0.00000167.